The molecule has 1 atom stereocenters. The minimum absolute atomic E-state index is 0.518. The molecule has 0 aromatic rings. The topological polar surface area (TPSA) is 94.7 Å². The van der Waals surface area contributed by atoms with Crippen LogP contribution in [0.25, 0.3) is 0 Å². The van der Waals surface area contributed by atoms with Gasteiger partial charge in [0.1, 0.15) is 6.04 Å². The number of carboxylic acid groups (broad SMARTS) is 1. The highest BCUT2D eigenvalue weighted by Crippen LogP contribution is 2.17. The standard InChI is InChI=1S/C5H9N3O4/c9-5(10)4-2-1-3-8(4)6-7-12-11/h4,11H,1-3H2,(H,9,10). The van der Waals surface area contributed by atoms with E-state index in [9.17, 15) is 4.79 Å². The van der Waals surface area contributed by atoms with Gasteiger partial charge < -0.3 is 5.11 Å². The number of carboxylic acids is 1. The van der Waals surface area contributed by atoms with E-state index < -0.39 is 12.0 Å². The summed E-state index contributed by atoms with van der Waals surface area (Å²) in [7, 11) is 0. The quantitative estimate of drug-likeness (QED) is 0.365. The minimum atomic E-state index is -0.940. The highest BCUT2D eigenvalue weighted by molar-refractivity contribution is 5.73. The van der Waals surface area contributed by atoms with Crippen molar-refractivity contribution in [3.05, 3.63) is 0 Å². The van der Waals surface area contributed by atoms with E-state index >= 15 is 0 Å². The summed E-state index contributed by atoms with van der Waals surface area (Å²) in [6.45, 7) is 0.518. The zero-order valence-electron chi connectivity index (χ0n) is 6.25. The van der Waals surface area contributed by atoms with Crippen LogP contribution in [-0.4, -0.2) is 33.9 Å². The molecular formula is C5H9N3O4. The summed E-state index contributed by atoms with van der Waals surface area (Å²) in [5.74, 6) is -0.940. The molecule has 1 heterocycles. The second-order valence-corrected chi connectivity index (χ2v) is 2.41. The van der Waals surface area contributed by atoms with Crippen LogP contribution >= 0.6 is 0 Å². The smallest absolute Gasteiger partial charge is 0.328 e. The van der Waals surface area contributed by atoms with Crippen LogP contribution in [0.15, 0.2) is 10.5 Å². The van der Waals surface area contributed by atoms with Gasteiger partial charge in [0.05, 0.1) is 5.28 Å². The molecule has 0 aromatic carbocycles. The van der Waals surface area contributed by atoms with Gasteiger partial charge in [-0.05, 0) is 18.1 Å². The fourth-order valence-corrected chi connectivity index (χ4v) is 1.17. The van der Waals surface area contributed by atoms with Crippen LogP contribution in [-0.2, 0) is 9.78 Å². The highest BCUT2D eigenvalue weighted by Gasteiger charge is 2.29. The van der Waals surface area contributed by atoms with Gasteiger partial charge in [-0.1, -0.05) is 0 Å². The predicted molar refractivity (Wildman–Crippen MR) is 35.9 cm³/mol. The zero-order chi connectivity index (χ0) is 8.97. The monoisotopic (exact) mass is 175 g/mol. The van der Waals surface area contributed by atoms with E-state index in [1.807, 2.05) is 0 Å². The summed E-state index contributed by atoms with van der Waals surface area (Å²) in [4.78, 5) is 13.9. The van der Waals surface area contributed by atoms with Gasteiger partial charge in [-0.3, -0.25) is 5.01 Å². The van der Waals surface area contributed by atoms with Crippen LogP contribution in [0, 0.1) is 0 Å². The Balaban J connectivity index is 2.52. The van der Waals surface area contributed by atoms with Crippen LogP contribution in [0.3, 0.4) is 0 Å². The lowest BCUT2D eigenvalue weighted by Crippen LogP contribution is -2.31. The first kappa shape index (κ1) is 8.72. The van der Waals surface area contributed by atoms with E-state index in [4.69, 9.17) is 10.4 Å². The Morgan fingerprint density at radius 2 is 2.42 bits per heavy atom. The molecule has 1 unspecified atom stereocenters. The summed E-state index contributed by atoms with van der Waals surface area (Å²) in [6.07, 6.45) is 1.29. The minimum Gasteiger partial charge on any atom is -0.480 e. The molecule has 68 valence electrons. The van der Waals surface area contributed by atoms with E-state index in [1.54, 1.807) is 0 Å². The molecule has 12 heavy (non-hydrogen) atoms. The molecule has 0 aliphatic carbocycles. The molecule has 1 fully saturated rings. The molecule has 0 bridgehead atoms. The van der Waals surface area contributed by atoms with Gasteiger partial charge in [-0.2, -0.15) is 5.26 Å². The third-order valence-corrected chi connectivity index (χ3v) is 1.70. The first-order valence-electron chi connectivity index (χ1n) is 3.46. The van der Waals surface area contributed by atoms with Gasteiger partial charge >= 0.3 is 5.97 Å². The Morgan fingerprint density at radius 3 is 3.00 bits per heavy atom. The number of aliphatic carboxylic acids is 1. The van der Waals surface area contributed by atoms with Crippen LogP contribution in [0.2, 0.25) is 0 Å². The molecule has 0 radical (unpaired) electrons. The molecule has 0 saturated carbocycles. The van der Waals surface area contributed by atoms with Crippen molar-refractivity contribution < 1.29 is 20.1 Å². The lowest BCUT2D eigenvalue weighted by Gasteiger charge is -2.13. The fourth-order valence-electron chi connectivity index (χ4n) is 1.17. The fraction of sp³-hybridized carbons (Fsp3) is 0.800. The van der Waals surface area contributed by atoms with Crippen molar-refractivity contribution in [1.29, 1.82) is 0 Å². The molecule has 1 aliphatic rings. The van der Waals surface area contributed by atoms with Crippen LogP contribution in [0.4, 0.5) is 0 Å². The van der Waals surface area contributed by atoms with Crippen molar-refractivity contribution in [2.24, 2.45) is 10.5 Å². The van der Waals surface area contributed by atoms with Crippen molar-refractivity contribution in [2.75, 3.05) is 6.54 Å². The molecule has 7 nitrogen and oxygen atoms in total. The van der Waals surface area contributed by atoms with Gasteiger partial charge in [0.15, 0.2) is 0 Å². The van der Waals surface area contributed by atoms with E-state index in [1.165, 1.54) is 5.01 Å². The molecule has 1 aliphatic heterocycles. The number of hydrogen-bond acceptors (Lipinski definition) is 5. The van der Waals surface area contributed by atoms with Gasteiger partial charge in [0.25, 0.3) is 0 Å². The number of hydrogen-bond donors (Lipinski definition) is 2. The Kier molecular flexibility index (Phi) is 2.81. The van der Waals surface area contributed by atoms with Gasteiger partial charge in [0, 0.05) is 6.54 Å². The largest absolute Gasteiger partial charge is 0.480 e. The third-order valence-electron chi connectivity index (χ3n) is 1.70. The van der Waals surface area contributed by atoms with Crippen LogP contribution in [0.1, 0.15) is 12.8 Å². The molecule has 1 rings (SSSR count). The maximum atomic E-state index is 10.5. The van der Waals surface area contributed by atoms with Crippen molar-refractivity contribution in [3.63, 3.8) is 0 Å². The Labute approximate surface area is 68.1 Å². The van der Waals surface area contributed by atoms with E-state index in [0.717, 1.165) is 6.42 Å². The van der Waals surface area contributed by atoms with Crippen molar-refractivity contribution in [3.8, 4) is 0 Å². The average Bonchev–Trinajstić information content (AvgIpc) is 2.48. The first-order valence-corrected chi connectivity index (χ1v) is 3.46. The van der Waals surface area contributed by atoms with Crippen LogP contribution < -0.4 is 0 Å². The molecular weight excluding hydrogens is 166 g/mol. The maximum absolute atomic E-state index is 10.5. The van der Waals surface area contributed by atoms with Gasteiger partial charge in [0.2, 0.25) is 0 Å². The number of carbonyl (C=O) groups is 1. The third kappa shape index (κ3) is 1.82. The molecule has 7 heteroatoms. The second-order valence-electron chi connectivity index (χ2n) is 2.41. The lowest BCUT2D eigenvalue weighted by molar-refractivity contribution is -0.255. The van der Waals surface area contributed by atoms with Gasteiger partial charge in [-0.25, -0.2) is 9.78 Å². The molecule has 2 N–H and O–H groups in total. The second kappa shape index (κ2) is 3.86. The first-order chi connectivity index (χ1) is 5.75. The SMILES string of the molecule is O=C(O)C1CCCN1N=NOO. The van der Waals surface area contributed by atoms with E-state index in [2.05, 4.69) is 15.5 Å². The van der Waals surface area contributed by atoms with Crippen molar-refractivity contribution in [2.45, 2.75) is 18.9 Å². The number of rotatable bonds is 3. The van der Waals surface area contributed by atoms with Crippen molar-refractivity contribution in [1.82, 2.24) is 5.01 Å². The Bertz CT molecular complexity index is 195. The molecule has 0 amide bonds. The summed E-state index contributed by atoms with van der Waals surface area (Å²) < 4.78 is 0. The molecule has 0 spiro atoms. The van der Waals surface area contributed by atoms with Crippen molar-refractivity contribution >= 4 is 5.97 Å². The lowest BCUT2D eigenvalue weighted by atomic mass is 10.2. The zero-order valence-corrected chi connectivity index (χ0v) is 6.25. The Morgan fingerprint density at radius 1 is 1.67 bits per heavy atom. The van der Waals surface area contributed by atoms with Crippen LogP contribution in [0.5, 0.6) is 0 Å². The number of nitrogens with zero attached hydrogens (tertiary/aromatic N) is 3. The molecule has 1 saturated heterocycles. The predicted octanol–water partition coefficient (Wildman–Crippen LogP) is 0.307. The summed E-state index contributed by atoms with van der Waals surface area (Å²) in [5.41, 5.74) is 0. The summed E-state index contributed by atoms with van der Waals surface area (Å²) in [6, 6.07) is -0.649. The van der Waals surface area contributed by atoms with Gasteiger partial charge in [-0.15, -0.1) is 0 Å². The summed E-state index contributed by atoms with van der Waals surface area (Å²) in [5, 5.41) is 23.9. The maximum Gasteiger partial charge on any atom is 0.328 e. The molecule has 0 aromatic heterocycles. The van der Waals surface area contributed by atoms with E-state index in [0.29, 0.717) is 13.0 Å². The highest BCUT2D eigenvalue weighted by atomic mass is 17.2. The average molecular weight is 175 g/mol. The normalized spacial score (nSPS) is 23.4. The Hall–Kier alpha value is -1.37. The summed E-state index contributed by atoms with van der Waals surface area (Å²) >= 11 is 0. The van der Waals surface area contributed by atoms with E-state index in [-0.39, 0.29) is 0 Å².